The monoisotopic (exact) mass is 202 g/mol. The van der Waals surface area contributed by atoms with E-state index >= 15 is 0 Å². The Bertz CT molecular complexity index is 149. The van der Waals surface area contributed by atoms with Crippen molar-refractivity contribution in [1.29, 1.82) is 0 Å². The molecule has 1 aliphatic heterocycles. The van der Waals surface area contributed by atoms with E-state index in [0.717, 1.165) is 25.9 Å². The van der Waals surface area contributed by atoms with Gasteiger partial charge in [-0.2, -0.15) is 0 Å². The van der Waals surface area contributed by atoms with Crippen LogP contribution in [0.1, 0.15) is 27.2 Å². The summed E-state index contributed by atoms with van der Waals surface area (Å²) in [4.78, 5) is 9.82. The topological polar surface area (TPSA) is 50.4 Å². The third-order valence-electron chi connectivity index (χ3n) is 1.98. The Morgan fingerprint density at radius 2 is 2.07 bits per heavy atom. The molecular formula is C10H22N2O2. The lowest BCUT2D eigenvalue weighted by molar-refractivity contribution is -0.110. The summed E-state index contributed by atoms with van der Waals surface area (Å²) in [6, 6.07) is 0.382. The van der Waals surface area contributed by atoms with E-state index in [1.54, 1.807) is 7.11 Å². The van der Waals surface area contributed by atoms with Crippen molar-refractivity contribution in [3.05, 3.63) is 0 Å². The normalized spacial score (nSPS) is 21.0. The number of carbonyl (C=O) groups excluding carboxylic acids is 1. The number of carbonyl (C=O) groups is 1. The maximum Gasteiger partial charge on any atom is 0.207 e. The minimum Gasteiger partial charge on any atom is -0.379 e. The molecule has 0 aliphatic carbocycles. The zero-order chi connectivity index (χ0) is 11.0. The summed E-state index contributed by atoms with van der Waals surface area (Å²) in [7, 11) is 1.71. The highest BCUT2D eigenvalue weighted by atomic mass is 16.5. The molecule has 4 nitrogen and oxygen atoms in total. The predicted molar refractivity (Wildman–Crippen MR) is 57.2 cm³/mol. The van der Waals surface area contributed by atoms with Gasteiger partial charge in [-0.15, -0.1) is 0 Å². The van der Waals surface area contributed by atoms with Crippen LogP contribution in [-0.2, 0) is 9.53 Å². The van der Waals surface area contributed by atoms with E-state index in [0.29, 0.717) is 6.04 Å². The van der Waals surface area contributed by atoms with Crippen LogP contribution in [0.3, 0.4) is 0 Å². The van der Waals surface area contributed by atoms with Crippen LogP contribution in [0, 0.1) is 0 Å². The number of ether oxygens (including phenoxy) is 1. The van der Waals surface area contributed by atoms with Gasteiger partial charge in [-0.05, 0) is 33.7 Å². The van der Waals surface area contributed by atoms with Gasteiger partial charge in [0.25, 0.3) is 0 Å². The van der Waals surface area contributed by atoms with Gasteiger partial charge in [-0.3, -0.25) is 4.79 Å². The zero-order valence-corrected chi connectivity index (χ0v) is 9.59. The fourth-order valence-corrected chi connectivity index (χ4v) is 0.893. The van der Waals surface area contributed by atoms with Crippen molar-refractivity contribution < 1.29 is 9.53 Å². The van der Waals surface area contributed by atoms with Gasteiger partial charge in [0.15, 0.2) is 0 Å². The molecule has 0 aromatic heterocycles. The summed E-state index contributed by atoms with van der Waals surface area (Å²) >= 11 is 0. The molecule has 84 valence electrons. The lowest BCUT2D eigenvalue weighted by Crippen LogP contribution is -2.29. The van der Waals surface area contributed by atoms with Crippen molar-refractivity contribution in [3.8, 4) is 0 Å². The number of hydrogen-bond acceptors (Lipinski definition) is 3. The minimum absolute atomic E-state index is 0.0417. The first kappa shape index (κ1) is 13.4. The molecule has 0 spiro atoms. The second kappa shape index (κ2) is 6.79. The molecule has 1 atom stereocenters. The summed E-state index contributed by atoms with van der Waals surface area (Å²) < 4.78 is 4.94. The zero-order valence-electron chi connectivity index (χ0n) is 9.59. The van der Waals surface area contributed by atoms with E-state index in [1.807, 2.05) is 20.8 Å². The van der Waals surface area contributed by atoms with E-state index in [-0.39, 0.29) is 5.60 Å². The van der Waals surface area contributed by atoms with Gasteiger partial charge in [0.2, 0.25) is 6.41 Å². The fraction of sp³-hybridized carbons (Fsp3) is 0.900. The Morgan fingerprint density at radius 3 is 2.36 bits per heavy atom. The predicted octanol–water partition coefficient (Wildman–Crippen LogP) is 0.526. The number of amides is 1. The van der Waals surface area contributed by atoms with Crippen LogP contribution in [0.2, 0.25) is 0 Å². The molecule has 1 fully saturated rings. The van der Waals surface area contributed by atoms with Crippen LogP contribution < -0.4 is 10.6 Å². The van der Waals surface area contributed by atoms with E-state index in [9.17, 15) is 4.79 Å². The lowest BCUT2D eigenvalue weighted by Gasteiger charge is -2.14. The maximum absolute atomic E-state index is 9.82. The Kier molecular flexibility index (Phi) is 6.49. The number of methoxy groups -OCH3 is 1. The Balaban J connectivity index is 0.000000255. The molecule has 1 amide bonds. The lowest BCUT2D eigenvalue weighted by atomic mass is 10.2. The van der Waals surface area contributed by atoms with Crippen LogP contribution in [0.15, 0.2) is 0 Å². The first-order chi connectivity index (χ1) is 6.49. The van der Waals surface area contributed by atoms with Gasteiger partial charge in [0.1, 0.15) is 0 Å². The minimum atomic E-state index is 0.0417. The molecule has 1 rings (SSSR count). The molecule has 1 aliphatic rings. The summed E-state index contributed by atoms with van der Waals surface area (Å²) in [6.07, 6.45) is 1.83. The van der Waals surface area contributed by atoms with Crippen LogP contribution >= 0.6 is 0 Å². The third-order valence-corrected chi connectivity index (χ3v) is 1.98. The fourth-order valence-electron chi connectivity index (χ4n) is 0.893. The van der Waals surface area contributed by atoms with Crippen LogP contribution in [0.4, 0.5) is 0 Å². The average molecular weight is 202 g/mol. The third kappa shape index (κ3) is 8.01. The molecule has 4 heteroatoms. The van der Waals surface area contributed by atoms with Gasteiger partial charge >= 0.3 is 0 Å². The Morgan fingerprint density at radius 1 is 1.50 bits per heavy atom. The summed E-state index contributed by atoms with van der Waals surface area (Å²) in [6.45, 7) is 8.03. The van der Waals surface area contributed by atoms with Crippen LogP contribution in [0.25, 0.3) is 0 Å². The number of hydrogen-bond donors (Lipinski definition) is 2. The molecule has 0 radical (unpaired) electrons. The highest BCUT2D eigenvalue weighted by molar-refractivity contribution is 5.46. The van der Waals surface area contributed by atoms with Crippen molar-refractivity contribution >= 4 is 6.41 Å². The molecular weight excluding hydrogens is 180 g/mol. The van der Waals surface area contributed by atoms with Crippen molar-refractivity contribution in [1.82, 2.24) is 10.6 Å². The second-order valence-corrected chi connectivity index (χ2v) is 4.29. The van der Waals surface area contributed by atoms with Gasteiger partial charge in [-0.1, -0.05) is 0 Å². The van der Waals surface area contributed by atoms with Crippen LogP contribution in [0.5, 0.6) is 0 Å². The molecule has 14 heavy (non-hydrogen) atoms. The van der Waals surface area contributed by atoms with E-state index in [1.165, 1.54) is 0 Å². The first-order valence-electron chi connectivity index (χ1n) is 4.95. The molecule has 0 aromatic rings. The number of nitrogens with one attached hydrogen (secondary N) is 2. The smallest absolute Gasteiger partial charge is 0.207 e. The molecule has 0 bridgehead atoms. The van der Waals surface area contributed by atoms with Gasteiger partial charge in [0.05, 0.1) is 5.60 Å². The van der Waals surface area contributed by atoms with E-state index < -0.39 is 0 Å². The standard InChI is InChI=1S/C5H10N2O.C5H12O/c8-4-7-5-1-2-6-3-5;1-5(2,3)6-4/h4-6H,1-3H2,(H,7,8);1-4H3. The average Bonchev–Trinajstić information content (AvgIpc) is 2.58. The van der Waals surface area contributed by atoms with Gasteiger partial charge < -0.3 is 15.4 Å². The SMILES string of the molecule is COC(C)(C)C.O=CNC1CCNC1. The van der Waals surface area contributed by atoms with Crippen molar-refractivity contribution in [3.63, 3.8) is 0 Å². The summed E-state index contributed by atoms with van der Waals surface area (Å²) in [5.41, 5.74) is 0.0417. The Labute approximate surface area is 86.4 Å². The number of rotatable bonds is 2. The van der Waals surface area contributed by atoms with Crippen molar-refractivity contribution in [2.24, 2.45) is 0 Å². The first-order valence-corrected chi connectivity index (χ1v) is 4.95. The highest BCUT2D eigenvalue weighted by Gasteiger charge is 2.11. The molecule has 0 saturated carbocycles. The second-order valence-electron chi connectivity index (χ2n) is 4.29. The van der Waals surface area contributed by atoms with Crippen molar-refractivity contribution in [2.75, 3.05) is 20.2 Å². The van der Waals surface area contributed by atoms with E-state index in [2.05, 4.69) is 10.6 Å². The van der Waals surface area contributed by atoms with Crippen LogP contribution in [-0.4, -0.2) is 38.3 Å². The van der Waals surface area contributed by atoms with Crippen molar-refractivity contribution in [2.45, 2.75) is 38.8 Å². The summed E-state index contributed by atoms with van der Waals surface area (Å²) in [5, 5.41) is 5.84. The van der Waals surface area contributed by atoms with E-state index in [4.69, 9.17) is 4.74 Å². The van der Waals surface area contributed by atoms with Gasteiger partial charge in [0, 0.05) is 19.7 Å². The molecule has 1 saturated heterocycles. The molecule has 1 heterocycles. The quantitative estimate of drug-likeness (QED) is 0.642. The summed E-state index contributed by atoms with van der Waals surface area (Å²) in [5.74, 6) is 0. The van der Waals surface area contributed by atoms with Gasteiger partial charge in [-0.25, -0.2) is 0 Å². The molecule has 2 N–H and O–H groups in total. The Hall–Kier alpha value is -0.610. The maximum atomic E-state index is 9.82. The highest BCUT2D eigenvalue weighted by Crippen LogP contribution is 2.02. The molecule has 0 aromatic carbocycles. The molecule has 1 unspecified atom stereocenters. The largest absolute Gasteiger partial charge is 0.379 e.